The lowest BCUT2D eigenvalue weighted by Crippen LogP contribution is -2.49. The highest BCUT2D eigenvalue weighted by atomic mass is 32.1. The van der Waals surface area contributed by atoms with E-state index in [4.69, 9.17) is 5.10 Å². The Morgan fingerprint density at radius 2 is 1.64 bits per heavy atom. The standard InChI is InChI=1S/C27H26N4OS/c32-27(30-18-16-29(17-19-30)15-7-11-22-9-3-1-4-10-22)25-21-24(26-14-8-20-33-26)28-31(25)23-12-5-2-6-13-23/h1-14,20-21H,15-19H2/b11-7+. The van der Waals surface area contributed by atoms with Crippen LogP contribution in [0.15, 0.2) is 90.3 Å². The van der Waals surface area contributed by atoms with E-state index in [1.807, 2.05) is 77.0 Å². The van der Waals surface area contributed by atoms with Crippen molar-refractivity contribution in [3.63, 3.8) is 0 Å². The summed E-state index contributed by atoms with van der Waals surface area (Å²) in [5.41, 5.74) is 3.55. The quantitative estimate of drug-likeness (QED) is 0.408. The number of piperazine rings is 1. The van der Waals surface area contributed by atoms with Crippen molar-refractivity contribution in [3.8, 4) is 16.3 Å². The van der Waals surface area contributed by atoms with Crippen LogP contribution in [-0.2, 0) is 0 Å². The first-order valence-corrected chi connectivity index (χ1v) is 12.1. The third-order valence-corrected chi connectivity index (χ3v) is 6.73. The lowest BCUT2D eigenvalue weighted by atomic mass is 10.2. The number of nitrogens with zero attached hydrogens (tertiary/aromatic N) is 4. The van der Waals surface area contributed by atoms with E-state index in [0.717, 1.165) is 35.9 Å². The van der Waals surface area contributed by atoms with Gasteiger partial charge in [0, 0.05) is 32.7 Å². The normalized spacial score (nSPS) is 14.7. The van der Waals surface area contributed by atoms with Crippen LogP contribution in [0, 0.1) is 0 Å². The molecule has 0 N–H and O–H groups in total. The Morgan fingerprint density at radius 1 is 0.909 bits per heavy atom. The molecule has 4 aromatic rings. The third-order valence-electron chi connectivity index (χ3n) is 5.84. The highest BCUT2D eigenvalue weighted by Crippen LogP contribution is 2.26. The van der Waals surface area contributed by atoms with E-state index >= 15 is 0 Å². The molecule has 5 nitrogen and oxygen atoms in total. The summed E-state index contributed by atoms with van der Waals surface area (Å²) in [7, 11) is 0. The number of hydrogen-bond acceptors (Lipinski definition) is 4. The first-order valence-electron chi connectivity index (χ1n) is 11.2. The molecule has 3 heterocycles. The minimum absolute atomic E-state index is 0.0358. The number of amides is 1. The van der Waals surface area contributed by atoms with E-state index < -0.39 is 0 Å². The minimum Gasteiger partial charge on any atom is -0.335 e. The van der Waals surface area contributed by atoms with Crippen molar-refractivity contribution in [2.75, 3.05) is 32.7 Å². The molecule has 166 valence electrons. The monoisotopic (exact) mass is 454 g/mol. The third kappa shape index (κ3) is 4.97. The van der Waals surface area contributed by atoms with Gasteiger partial charge in [0.25, 0.3) is 5.91 Å². The van der Waals surface area contributed by atoms with Gasteiger partial charge in [-0.1, -0.05) is 66.7 Å². The fourth-order valence-corrected chi connectivity index (χ4v) is 4.72. The summed E-state index contributed by atoms with van der Waals surface area (Å²) >= 11 is 1.63. The van der Waals surface area contributed by atoms with Gasteiger partial charge in [-0.05, 0) is 35.2 Å². The predicted octanol–water partition coefficient (Wildman–Crippen LogP) is 5.07. The van der Waals surface area contributed by atoms with Crippen LogP contribution >= 0.6 is 11.3 Å². The molecule has 33 heavy (non-hydrogen) atoms. The van der Waals surface area contributed by atoms with E-state index in [1.165, 1.54) is 5.56 Å². The van der Waals surface area contributed by atoms with Crippen LogP contribution in [0.5, 0.6) is 0 Å². The maximum atomic E-state index is 13.5. The fourth-order valence-electron chi connectivity index (χ4n) is 4.04. The SMILES string of the molecule is O=C(c1cc(-c2cccs2)nn1-c1ccccc1)N1CCN(C/C=C/c2ccccc2)CC1. The van der Waals surface area contributed by atoms with Gasteiger partial charge in [0.2, 0.25) is 0 Å². The molecule has 5 rings (SSSR count). The number of carbonyl (C=O) groups is 1. The average Bonchev–Trinajstić information content (AvgIpc) is 3.56. The van der Waals surface area contributed by atoms with Crippen LogP contribution < -0.4 is 0 Å². The summed E-state index contributed by atoms with van der Waals surface area (Å²) in [4.78, 5) is 18.9. The smallest absolute Gasteiger partial charge is 0.272 e. The van der Waals surface area contributed by atoms with E-state index in [-0.39, 0.29) is 5.91 Å². The van der Waals surface area contributed by atoms with Crippen molar-refractivity contribution in [1.29, 1.82) is 0 Å². The van der Waals surface area contributed by atoms with Gasteiger partial charge in [0.15, 0.2) is 0 Å². The van der Waals surface area contributed by atoms with E-state index in [1.54, 1.807) is 16.0 Å². The van der Waals surface area contributed by atoms with Gasteiger partial charge in [0.1, 0.15) is 11.4 Å². The maximum absolute atomic E-state index is 13.5. The lowest BCUT2D eigenvalue weighted by molar-refractivity contribution is 0.0641. The van der Waals surface area contributed by atoms with E-state index in [0.29, 0.717) is 18.8 Å². The van der Waals surface area contributed by atoms with E-state index in [2.05, 4.69) is 29.2 Å². The molecule has 2 aromatic carbocycles. The second kappa shape index (κ2) is 9.98. The number of benzene rings is 2. The summed E-state index contributed by atoms with van der Waals surface area (Å²) < 4.78 is 1.78. The van der Waals surface area contributed by atoms with Crippen LogP contribution in [0.25, 0.3) is 22.3 Å². The number of rotatable bonds is 6. The van der Waals surface area contributed by atoms with Crippen LogP contribution in [0.3, 0.4) is 0 Å². The highest BCUT2D eigenvalue weighted by molar-refractivity contribution is 7.13. The second-order valence-corrected chi connectivity index (χ2v) is 8.99. The summed E-state index contributed by atoms with van der Waals surface area (Å²) in [5.74, 6) is 0.0358. The predicted molar refractivity (Wildman–Crippen MR) is 135 cm³/mol. The van der Waals surface area contributed by atoms with Crippen molar-refractivity contribution in [2.45, 2.75) is 0 Å². The van der Waals surface area contributed by atoms with Crippen molar-refractivity contribution in [2.24, 2.45) is 0 Å². The second-order valence-electron chi connectivity index (χ2n) is 8.05. The molecule has 0 radical (unpaired) electrons. The zero-order chi connectivity index (χ0) is 22.5. The van der Waals surface area contributed by atoms with Crippen LogP contribution in [-0.4, -0.2) is 58.2 Å². The van der Waals surface area contributed by atoms with Crippen LogP contribution in [0.1, 0.15) is 16.1 Å². The Hall–Kier alpha value is -3.48. The van der Waals surface area contributed by atoms with E-state index in [9.17, 15) is 4.79 Å². The summed E-state index contributed by atoms with van der Waals surface area (Å²) in [5, 5.41) is 6.81. The number of carbonyl (C=O) groups excluding carboxylic acids is 1. The van der Waals surface area contributed by atoms with Crippen molar-refractivity contribution in [3.05, 3.63) is 102 Å². The molecule has 0 aliphatic carbocycles. The highest BCUT2D eigenvalue weighted by Gasteiger charge is 2.26. The Balaban J connectivity index is 1.28. The summed E-state index contributed by atoms with van der Waals surface area (Å²) in [6.07, 6.45) is 4.35. The largest absolute Gasteiger partial charge is 0.335 e. The van der Waals surface area contributed by atoms with Gasteiger partial charge in [-0.15, -0.1) is 11.3 Å². The average molecular weight is 455 g/mol. The zero-order valence-electron chi connectivity index (χ0n) is 18.4. The van der Waals surface area contributed by atoms with Gasteiger partial charge in [-0.3, -0.25) is 9.69 Å². The molecule has 0 spiro atoms. The molecule has 1 saturated heterocycles. The molecular weight excluding hydrogens is 428 g/mol. The lowest BCUT2D eigenvalue weighted by Gasteiger charge is -2.34. The molecule has 0 bridgehead atoms. The van der Waals surface area contributed by atoms with Gasteiger partial charge >= 0.3 is 0 Å². The number of thiophene rings is 1. The van der Waals surface area contributed by atoms with Crippen LogP contribution in [0.2, 0.25) is 0 Å². The number of hydrogen-bond donors (Lipinski definition) is 0. The molecule has 0 atom stereocenters. The Bertz CT molecular complexity index is 1210. The molecular formula is C27H26N4OS. The fraction of sp³-hybridized carbons (Fsp3) is 0.185. The van der Waals surface area contributed by atoms with Gasteiger partial charge < -0.3 is 4.90 Å². The molecule has 6 heteroatoms. The van der Waals surface area contributed by atoms with Crippen molar-refractivity contribution < 1.29 is 4.79 Å². The Morgan fingerprint density at radius 3 is 2.33 bits per heavy atom. The number of aromatic nitrogens is 2. The van der Waals surface area contributed by atoms with Gasteiger partial charge in [-0.2, -0.15) is 5.10 Å². The Labute approximate surface area is 198 Å². The molecule has 1 aliphatic rings. The van der Waals surface area contributed by atoms with Gasteiger partial charge in [0.05, 0.1) is 10.6 Å². The molecule has 1 fully saturated rings. The van der Waals surface area contributed by atoms with Crippen molar-refractivity contribution in [1.82, 2.24) is 19.6 Å². The first-order chi connectivity index (χ1) is 16.3. The molecule has 1 amide bonds. The molecule has 0 unspecified atom stereocenters. The summed E-state index contributed by atoms with van der Waals surface area (Å²) in [6.45, 7) is 4.05. The maximum Gasteiger partial charge on any atom is 0.272 e. The topological polar surface area (TPSA) is 41.4 Å². The molecule has 0 saturated carbocycles. The van der Waals surface area contributed by atoms with Crippen molar-refractivity contribution >= 4 is 23.3 Å². The summed E-state index contributed by atoms with van der Waals surface area (Å²) in [6, 6.07) is 26.2. The number of para-hydroxylation sites is 1. The van der Waals surface area contributed by atoms with Gasteiger partial charge in [-0.25, -0.2) is 4.68 Å². The van der Waals surface area contributed by atoms with Crippen LogP contribution in [0.4, 0.5) is 0 Å². The minimum atomic E-state index is 0.0358. The zero-order valence-corrected chi connectivity index (χ0v) is 19.2. The first kappa shape index (κ1) is 21.4. The molecule has 1 aliphatic heterocycles. The Kier molecular flexibility index (Phi) is 6.46. The molecule has 2 aromatic heterocycles.